The van der Waals surface area contributed by atoms with Crippen molar-refractivity contribution in [1.82, 2.24) is 10.3 Å². The Labute approximate surface area is 148 Å². The van der Waals surface area contributed by atoms with Gasteiger partial charge in [-0.3, -0.25) is 4.79 Å². The Balaban J connectivity index is 1.68. The number of thiazole rings is 1. The van der Waals surface area contributed by atoms with Crippen LogP contribution in [0.5, 0.6) is 0 Å². The van der Waals surface area contributed by atoms with Crippen LogP contribution in [0.25, 0.3) is 0 Å². The molecule has 0 unspecified atom stereocenters. The molecule has 0 saturated heterocycles. The molecular formula is C18H16N2O4S. The number of furan rings is 1. The van der Waals surface area contributed by atoms with Crippen LogP contribution in [0.4, 0.5) is 0 Å². The number of benzene rings is 1. The first-order chi connectivity index (χ1) is 12.2. The van der Waals surface area contributed by atoms with Crippen molar-refractivity contribution in [3.05, 3.63) is 76.6 Å². The Bertz CT molecular complexity index is 801. The number of nitrogens with one attached hydrogen (secondary N) is 1. The predicted octanol–water partition coefficient (Wildman–Crippen LogP) is 2.82. The van der Waals surface area contributed by atoms with Crippen LogP contribution < -0.4 is 5.32 Å². The van der Waals surface area contributed by atoms with E-state index in [1.165, 1.54) is 23.7 Å². The van der Waals surface area contributed by atoms with Crippen LogP contribution in [-0.4, -0.2) is 22.9 Å². The maximum atomic E-state index is 12.5. The van der Waals surface area contributed by atoms with Gasteiger partial charge in [0.1, 0.15) is 12.6 Å². The lowest BCUT2D eigenvalue weighted by atomic mass is 10.1. The Morgan fingerprint density at radius 2 is 2.04 bits per heavy atom. The zero-order valence-corrected chi connectivity index (χ0v) is 14.1. The van der Waals surface area contributed by atoms with Crippen molar-refractivity contribution in [2.75, 3.05) is 0 Å². The van der Waals surface area contributed by atoms with Gasteiger partial charge in [0, 0.05) is 11.8 Å². The van der Waals surface area contributed by atoms with Gasteiger partial charge in [-0.1, -0.05) is 30.3 Å². The number of hydrogen-bond acceptors (Lipinski definition) is 6. The fourth-order valence-electron chi connectivity index (χ4n) is 2.23. The number of nitrogens with zero attached hydrogens (tertiary/aromatic N) is 1. The lowest BCUT2D eigenvalue weighted by Crippen LogP contribution is -2.43. The normalized spacial score (nSPS) is 11.7. The van der Waals surface area contributed by atoms with E-state index in [4.69, 9.17) is 9.15 Å². The zero-order valence-electron chi connectivity index (χ0n) is 13.3. The molecule has 0 saturated carbocycles. The third-order valence-corrected chi connectivity index (χ3v) is 4.10. The quantitative estimate of drug-likeness (QED) is 0.658. The maximum Gasteiger partial charge on any atom is 0.329 e. The SMILES string of the molecule is O=C(N[C@@H](Cc1ccccc1)C(=O)OCc1cscn1)c1ccco1. The van der Waals surface area contributed by atoms with E-state index in [0.29, 0.717) is 12.1 Å². The van der Waals surface area contributed by atoms with Crippen LogP contribution in [0.1, 0.15) is 21.8 Å². The van der Waals surface area contributed by atoms with E-state index in [1.54, 1.807) is 17.0 Å². The van der Waals surface area contributed by atoms with Gasteiger partial charge in [0.05, 0.1) is 17.5 Å². The number of rotatable bonds is 7. The van der Waals surface area contributed by atoms with Gasteiger partial charge in [-0.2, -0.15) is 0 Å². The zero-order chi connectivity index (χ0) is 17.5. The number of aromatic nitrogens is 1. The van der Waals surface area contributed by atoms with Gasteiger partial charge in [0.2, 0.25) is 0 Å². The maximum absolute atomic E-state index is 12.5. The highest BCUT2D eigenvalue weighted by Crippen LogP contribution is 2.09. The van der Waals surface area contributed by atoms with Crippen molar-refractivity contribution in [2.45, 2.75) is 19.1 Å². The second-order valence-corrected chi connectivity index (χ2v) is 6.00. The molecule has 6 nitrogen and oxygen atoms in total. The molecule has 3 aromatic rings. The van der Waals surface area contributed by atoms with Crippen molar-refractivity contribution in [1.29, 1.82) is 0 Å². The summed E-state index contributed by atoms with van der Waals surface area (Å²) in [5, 5.41) is 4.48. The Hall–Kier alpha value is -2.93. The predicted molar refractivity (Wildman–Crippen MR) is 92.0 cm³/mol. The topological polar surface area (TPSA) is 81.4 Å². The fourth-order valence-corrected chi connectivity index (χ4v) is 2.78. The monoisotopic (exact) mass is 356 g/mol. The van der Waals surface area contributed by atoms with Crippen LogP contribution in [0, 0.1) is 0 Å². The largest absolute Gasteiger partial charge is 0.459 e. The molecule has 2 heterocycles. The Kier molecular flexibility index (Phi) is 5.58. The summed E-state index contributed by atoms with van der Waals surface area (Å²) >= 11 is 1.43. The number of ether oxygens (including phenoxy) is 1. The van der Waals surface area contributed by atoms with E-state index in [1.807, 2.05) is 30.3 Å². The third kappa shape index (κ3) is 4.77. The van der Waals surface area contributed by atoms with Crippen molar-refractivity contribution in [3.63, 3.8) is 0 Å². The van der Waals surface area contributed by atoms with E-state index < -0.39 is 17.9 Å². The second kappa shape index (κ2) is 8.25. The molecule has 2 aromatic heterocycles. The smallest absolute Gasteiger partial charge is 0.329 e. The van der Waals surface area contributed by atoms with Crippen LogP contribution in [0.15, 0.2) is 64.0 Å². The number of carbonyl (C=O) groups is 2. The van der Waals surface area contributed by atoms with Gasteiger partial charge in [0.25, 0.3) is 5.91 Å². The first-order valence-electron chi connectivity index (χ1n) is 7.64. The first kappa shape index (κ1) is 16.9. The summed E-state index contributed by atoms with van der Waals surface area (Å²) in [6, 6.07) is 11.7. The van der Waals surface area contributed by atoms with Crippen LogP contribution in [0.3, 0.4) is 0 Å². The minimum atomic E-state index is -0.821. The lowest BCUT2D eigenvalue weighted by molar-refractivity contribution is -0.147. The molecule has 1 N–H and O–H groups in total. The van der Waals surface area contributed by atoms with Gasteiger partial charge in [-0.15, -0.1) is 11.3 Å². The van der Waals surface area contributed by atoms with Crippen molar-refractivity contribution in [2.24, 2.45) is 0 Å². The molecular weight excluding hydrogens is 340 g/mol. The molecule has 0 radical (unpaired) electrons. The number of hydrogen-bond donors (Lipinski definition) is 1. The molecule has 7 heteroatoms. The molecule has 1 atom stereocenters. The van der Waals surface area contributed by atoms with Crippen LogP contribution >= 0.6 is 11.3 Å². The van der Waals surface area contributed by atoms with E-state index in [9.17, 15) is 9.59 Å². The highest BCUT2D eigenvalue weighted by Gasteiger charge is 2.24. The number of esters is 1. The van der Waals surface area contributed by atoms with Gasteiger partial charge in [0.15, 0.2) is 5.76 Å². The summed E-state index contributed by atoms with van der Waals surface area (Å²) in [6.07, 6.45) is 1.73. The Morgan fingerprint density at radius 3 is 2.72 bits per heavy atom. The average molecular weight is 356 g/mol. The van der Waals surface area contributed by atoms with E-state index in [-0.39, 0.29) is 12.4 Å². The summed E-state index contributed by atoms with van der Waals surface area (Å²) in [4.78, 5) is 28.7. The molecule has 1 amide bonds. The van der Waals surface area contributed by atoms with Gasteiger partial charge >= 0.3 is 5.97 Å². The molecule has 0 aliphatic heterocycles. The van der Waals surface area contributed by atoms with E-state index in [0.717, 1.165) is 5.56 Å². The van der Waals surface area contributed by atoms with Gasteiger partial charge in [-0.05, 0) is 17.7 Å². The third-order valence-electron chi connectivity index (χ3n) is 3.46. The average Bonchev–Trinajstić information content (AvgIpc) is 3.33. The van der Waals surface area contributed by atoms with Crippen molar-refractivity contribution < 1.29 is 18.7 Å². The number of carbonyl (C=O) groups excluding carboxylic acids is 2. The van der Waals surface area contributed by atoms with Crippen molar-refractivity contribution in [3.8, 4) is 0 Å². The minimum absolute atomic E-state index is 0.0737. The Morgan fingerprint density at radius 1 is 1.20 bits per heavy atom. The van der Waals surface area contributed by atoms with E-state index in [2.05, 4.69) is 10.3 Å². The van der Waals surface area contributed by atoms with Crippen LogP contribution in [0.2, 0.25) is 0 Å². The molecule has 0 aliphatic rings. The number of amides is 1. The molecule has 0 aliphatic carbocycles. The molecule has 0 spiro atoms. The van der Waals surface area contributed by atoms with Crippen molar-refractivity contribution >= 4 is 23.2 Å². The van der Waals surface area contributed by atoms with Gasteiger partial charge in [-0.25, -0.2) is 9.78 Å². The molecule has 1 aromatic carbocycles. The summed E-state index contributed by atoms with van der Waals surface area (Å²) in [5.41, 5.74) is 3.26. The standard InChI is InChI=1S/C18H16N2O4S/c21-17(16-7-4-8-23-16)20-15(9-13-5-2-1-3-6-13)18(22)24-10-14-11-25-12-19-14/h1-8,11-12,15H,9-10H2,(H,20,21)/t15-/m0/s1. The summed E-state index contributed by atoms with van der Waals surface area (Å²) in [7, 11) is 0. The summed E-state index contributed by atoms with van der Waals surface area (Å²) in [6.45, 7) is 0.0737. The molecule has 0 fully saturated rings. The summed E-state index contributed by atoms with van der Waals surface area (Å²) < 4.78 is 10.4. The highest BCUT2D eigenvalue weighted by atomic mass is 32.1. The molecule has 0 bridgehead atoms. The second-order valence-electron chi connectivity index (χ2n) is 5.28. The van der Waals surface area contributed by atoms with Crippen LogP contribution in [-0.2, 0) is 22.6 Å². The van der Waals surface area contributed by atoms with E-state index >= 15 is 0 Å². The summed E-state index contributed by atoms with van der Waals surface area (Å²) in [5.74, 6) is -0.835. The molecule has 3 rings (SSSR count). The van der Waals surface area contributed by atoms with Gasteiger partial charge < -0.3 is 14.5 Å². The first-order valence-corrected chi connectivity index (χ1v) is 8.58. The highest BCUT2D eigenvalue weighted by molar-refractivity contribution is 7.07. The molecule has 128 valence electrons. The fraction of sp³-hybridized carbons (Fsp3) is 0.167. The minimum Gasteiger partial charge on any atom is -0.459 e. The lowest BCUT2D eigenvalue weighted by Gasteiger charge is -2.17. The molecule has 25 heavy (non-hydrogen) atoms.